The highest BCUT2D eigenvalue weighted by Crippen LogP contribution is 2.38. The van der Waals surface area contributed by atoms with Crippen LogP contribution in [0.4, 0.5) is 32.0 Å². The third-order valence-corrected chi connectivity index (χ3v) is 5.39. The maximum atomic E-state index is 15.1. The highest BCUT2D eigenvalue weighted by Gasteiger charge is 2.36. The molecule has 4 rings (SSSR count). The van der Waals surface area contributed by atoms with E-state index < -0.39 is 56.4 Å². The van der Waals surface area contributed by atoms with Crippen LogP contribution < -0.4 is 9.86 Å². The van der Waals surface area contributed by atoms with E-state index in [2.05, 4.69) is 5.10 Å². The normalized spacial score (nSPS) is 12.1. The number of anilines is 1. The van der Waals surface area contributed by atoms with Gasteiger partial charge in [0.1, 0.15) is 5.82 Å². The molecule has 0 spiro atoms. The van der Waals surface area contributed by atoms with Crippen LogP contribution in [0.5, 0.6) is 0 Å². The van der Waals surface area contributed by atoms with E-state index in [0.29, 0.717) is 16.8 Å². The maximum Gasteiger partial charge on any atom is 0.435 e. The van der Waals surface area contributed by atoms with Crippen molar-refractivity contribution in [1.82, 2.24) is 9.78 Å². The second kappa shape index (κ2) is 8.74. The van der Waals surface area contributed by atoms with Crippen LogP contribution in [-0.2, 0) is 16.4 Å². The van der Waals surface area contributed by atoms with E-state index in [1.165, 1.54) is 24.3 Å². The summed E-state index contributed by atoms with van der Waals surface area (Å²) < 4.78 is 110. The third kappa shape index (κ3) is 5.00. The summed E-state index contributed by atoms with van der Waals surface area (Å²) in [5.74, 6) is -4.47. The number of benzene rings is 3. The van der Waals surface area contributed by atoms with Gasteiger partial charge in [0.25, 0.3) is 10.2 Å². The molecule has 0 fully saturated rings. The smallest absolute Gasteiger partial charge is 0.271 e. The number of alkyl halides is 3. The van der Waals surface area contributed by atoms with Gasteiger partial charge in [-0.2, -0.15) is 26.7 Å². The predicted octanol–water partition coefficient (Wildman–Crippen LogP) is 5.26. The summed E-state index contributed by atoms with van der Waals surface area (Å²) in [6.07, 6.45) is -4.98. The molecule has 0 amide bonds. The van der Waals surface area contributed by atoms with E-state index in [-0.39, 0.29) is 16.9 Å². The van der Waals surface area contributed by atoms with Gasteiger partial charge < -0.3 is 0 Å². The number of nitrogens with zero attached hydrogens (tertiary/aromatic N) is 2. The fraction of sp³-hybridized carbons (Fsp3) is 0.0455. The van der Waals surface area contributed by atoms with Crippen molar-refractivity contribution in [3.05, 3.63) is 89.9 Å². The molecule has 1 aromatic heterocycles. The number of nitrogens with two attached hydrogens (primary N) is 1. The summed E-state index contributed by atoms with van der Waals surface area (Å²) in [5, 5.41) is 8.27. The monoisotopic (exact) mass is 512 g/mol. The van der Waals surface area contributed by atoms with Crippen LogP contribution in [0.2, 0.25) is 0 Å². The Balaban J connectivity index is 1.89. The summed E-state index contributed by atoms with van der Waals surface area (Å²) in [4.78, 5) is 0. The molecule has 0 bridgehead atoms. The molecule has 0 saturated carbocycles. The fourth-order valence-corrected chi connectivity index (χ4v) is 3.85. The molecule has 0 saturated heterocycles. The first-order chi connectivity index (χ1) is 16.3. The number of rotatable bonds is 5. The molecular weight excluding hydrogens is 498 g/mol. The molecule has 3 N–H and O–H groups in total. The van der Waals surface area contributed by atoms with Crippen molar-refractivity contribution in [2.45, 2.75) is 6.18 Å². The van der Waals surface area contributed by atoms with Gasteiger partial charge >= 0.3 is 6.18 Å². The summed E-state index contributed by atoms with van der Waals surface area (Å²) in [6.45, 7) is 0. The topological polar surface area (TPSA) is 90.0 Å². The second-order valence-corrected chi connectivity index (χ2v) is 8.59. The summed E-state index contributed by atoms with van der Waals surface area (Å²) in [5.41, 5.74) is -3.65. The Hall–Kier alpha value is -3.84. The van der Waals surface area contributed by atoms with E-state index in [1.54, 1.807) is 6.07 Å². The lowest BCUT2D eigenvalue weighted by atomic mass is 10.0. The highest BCUT2D eigenvalue weighted by atomic mass is 32.2. The van der Waals surface area contributed by atoms with Gasteiger partial charge in [0.05, 0.1) is 16.9 Å². The molecule has 1 heterocycles. The van der Waals surface area contributed by atoms with E-state index in [0.717, 1.165) is 24.3 Å². The van der Waals surface area contributed by atoms with E-state index in [9.17, 15) is 26.0 Å². The molecule has 35 heavy (non-hydrogen) atoms. The van der Waals surface area contributed by atoms with Crippen LogP contribution in [0, 0.1) is 17.5 Å². The second-order valence-electron chi connectivity index (χ2n) is 7.29. The van der Waals surface area contributed by atoms with Gasteiger partial charge in [0, 0.05) is 11.3 Å². The van der Waals surface area contributed by atoms with Gasteiger partial charge in [-0.1, -0.05) is 30.3 Å². The van der Waals surface area contributed by atoms with Gasteiger partial charge in [-0.05, 0) is 42.0 Å². The van der Waals surface area contributed by atoms with Gasteiger partial charge in [0.2, 0.25) is 0 Å². The maximum absolute atomic E-state index is 15.1. The largest absolute Gasteiger partial charge is 0.435 e. The number of hydrogen-bond donors (Lipinski definition) is 2. The average Bonchev–Trinajstić information content (AvgIpc) is 3.22. The van der Waals surface area contributed by atoms with Crippen molar-refractivity contribution in [2.24, 2.45) is 5.14 Å². The van der Waals surface area contributed by atoms with Gasteiger partial charge in [0.15, 0.2) is 17.3 Å². The van der Waals surface area contributed by atoms with E-state index in [4.69, 9.17) is 5.14 Å². The van der Waals surface area contributed by atoms with Crippen molar-refractivity contribution >= 4 is 15.9 Å². The average molecular weight is 512 g/mol. The van der Waals surface area contributed by atoms with Crippen LogP contribution in [0.1, 0.15) is 5.69 Å². The number of halogens is 6. The minimum atomic E-state index is -4.98. The van der Waals surface area contributed by atoms with Crippen LogP contribution in [0.3, 0.4) is 0 Å². The Morgan fingerprint density at radius 3 is 2.09 bits per heavy atom. The Bertz CT molecular complexity index is 1500. The first kappa shape index (κ1) is 24.3. The van der Waals surface area contributed by atoms with Crippen LogP contribution in [-0.4, -0.2) is 18.2 Å². The van der Waals surface area contributed by atoms with Crippen LogP contribution in [0.25, 0.3) is 28.1 Å². The predicted molar refractivity (Wildman–Crippen MR) is 116 cm³/mol. The summed E-state index contributed by atoms with van der Waals surface area (Å²) in [6, 6.07) is 13.1. The molecule has 0 aliphatic heterocycles. The highest BCUT2D eigenvalue weighted by molar-refractivity contribution is 7.90. The minimum absolute atomic E-state index is 0.0309. The van der Waals surface area contributed by atoms with Gasteiger partial charge in [-0.15, -0.1) is 0 Å². The third-order valence-electron chi connectivity index (χ3n) is 4.87. The van der Waals surface area contributed by atoms with Crippen molar-refractivity contribution in [3.63, 3.8) is 0 Å². The molecule has 0 radical (unpaired) electrons. The molecule has 3 aromatic carbocycles. The zero-order chi connectivity index (χ0) is 25.5. The lowest BCUT2D eigenvalue weighted by molar-refractivity contribution is -0.141. The zero-order valence-corrected chi connectivity index (χ0v) is 18.1. The number of aromatic nitrogens is 2. The zero-order valence-electron chi connectivity index (χ0n) is 17.3. The minimum Gasteiger partial charge on any atom is -0.271 e. The Kier molecular flexibility index (Phi) is 6.07. The van der Waals surface area contributed by atoms with Crippen molar-refractivity contribution in [2.75, 3.05) is 4.72 Å². The molecule has 0 atom stereocenters. The molecule has 4 aromatic rings. The number of hydrogen-bond acceptors (Lipinski definition) is 3. The Morgan fingerprint density at radius 1 is 0.886 bits per heavy atom. The lowest BCUT2D eigenvalue weighted by Crippen LogP contribution is -2.21. The molecule has 13 heteroatoms. The summed E-state index contributed by atoms with van der Waals surface area (Å²) >= 11 is 0. The standard InChI is InChI=1S/C22H14F6N4O2S/c23-16-10-15(12-4-2-1-3-5-12)20(24)21(25)19(16)17-11-18(22(26,27)28)30-32(17)14-8-6-13(7-9-14)31-35(29,33)34/h1-11,31H,(H2,29,33,34). The van der Waals surface area contributed by atoms with Crippen molar-refractivity contribution in [1.29, 1.82) is 0 Å². The Morgan fingerprint density at radius 2 is 1.51 bits per heavy atom. The fourth-order valence-electron chi connectivity index (χ4n) is 3.39. The Labute approximate surface area is 194 Å². The van der Waals surface area contributed by atoms with Gasteiger partial charge in [-0.3, -0.25) is 4.72 Å². The van der Waals surface area contributed by atoms with Crippen molar-refractivity contribution < 1.29 is 34.8 Å². The molecule has 0 aliphatic carbocycles. The molecule has 0 unspecified atom stereocenters. The number of nitrogens with one attached hydrogen (secondary N) is 1. The molecular formula is C22H14F6N4O2S. The van der Waals surface area contributed by atoms with Gasteiger partial charge in [-0.25, -0.2) is 23.0 Å². The lowest BCUT2D eigenvalue weighted by Gasteiger charge is -2.13. The molecule has 182 valence electrons. The van der Waals surface area contributed by atoms with E-state index in [1.807, 2.05) is 4.72 Å². The van der Waals surface area contributed by atoms with E-state index >= 15 is 8.78 Å². The quantitative estimate of drug-likeness (QED) is 0.283. The molecule has 0 aliphatic rings. The first-order valence-electron chi connectivity index (χ1n) is 9.66. The van der Waals surface area contributed by atoms with Crippen LogP contribution >= 0.6 is 0 Å². The summed E-state index contributed by atoms with van der Waals surface area (Å²) in [7, 11) is -4.13. The van der Waals surface area contributed by atoms with Crippen molar-refractivity contribution in [3.8, 4) is 28.1 Å². The van der Waals surface area contributed by atoms with Crippen LogP contribution in [0.15, 0.2) is 66.7 Å². The SMILES string of the molecule is NS(=O)(=O)Nc1ccc(-n2nc(C(F)(F)F)cc2-c2c(F)cc(-c3ccccc3)c(F)c2F)cc1. The first-order valence-corrected chi connectivity index (χ1v) is 11.2. The molecule has 6 nitrogen and oxygen atoms in total.